The second kappa shape index (κ2) is 25.3. The quantitative estimate of drug-likeness (QED) is 0.0127. The van der Waals surface area contributed by atoms with Crippen molar-refractivity contribution in [1.82, 2.24) is 4.90 Å². The van der Waals surface area contributed by atoms with Gasteiger partial charge in [0.05, 0.1) is 47.9 Å². The Morgan fingerprint density at radius 1 is 0.861 bits per heavy atom. The Morgan fingerprint density at radius 3 is 2.25 bits per heavy atom. The number of oxime groups is 1. The van der Waals surface area contributed by atoms with Gasteiger partial charge in [-0.2, -0.15) is 0 Å². The van der Waals surface area contributed by atoms with Crippen molar-refractivity contribution < 1.29 is 58.5 Å². The third-order valence-corrected chi connectivity index (χ3v) is 13.3. The first kappa shape index (κ1) is 52.7. The predicted octanol–water partition coefficient (Wildman–Crippen LogP) is 8.49. The van der Waals surface area contributed by atoms with Gasteiger partial charge in [-0.1, -0.05) is 42.3 Å². The summed E-state index contributed by atoms with van der Waals surface area (Å²) in [6.07, 6.45) is 11.4. The zero-order valence-electron chi connectivity index (χ0n) is 39.9. The highest BCUT2D eigenvalue weighted by Crippen LogP contribution is 2.62. The van der Waals surface area contributed by atoms with Gasteiger partial charge in [0.2, 0.25) is 11.7 Å². The molecular formula is C54H60N4O14. The third kappa shape index (κ3) is 12.5. The zero-order chi connectivity index (χ0) is 51.0. The molecule has 0 unspecified atom stereocenters. The van der Waals surface area contributed by atoms with Crippen LogP contribution in [-0.4, -0.2) is 106 Å². The summed E-state index contributed by atoms with van der Waals surface area (Å²) in [4.78, 5) is 56.3. The highest BCUT2D eigenvalue weighted by Gasteiger charge is 2.65. The lowest BCUT2D eigenvalue weighted by atomic mass is 9.55. The number of non-ortho nitro benzene ring substituents is 2. The van der Waals surface area contributed by atoms with Gasteiger partial charge in [0.25, 0.3) is 11.4 Å². The smallest absolute Gasteiger partial charge is 0.269 e. The Balaban J connectivity index is 1.43. The van der Waals surface area contributed by atoms with Crippen LogP contribution in [0, 0.1) is 38.0 Å². The number of fused-ring (bicyclic) bond motifs is 2. The van der Waals surface area contributed by atoms with Crippen molar-refractivity contribution in [1.29, 1.82) is 0 Å². The van der Waals surface area contributed by atoms with Gasteiger partial charge >= 0.3 is 0 Å². The van der Waals surface area contributed by atoms with Crippen molar-refractivity contribution in [2.24, 2.45) is 22.9 Å². The monoisotopic (exact) mass is 988 g/mol. The fourth-order valence-corrected chi connectivity index (χ4v) is 10.1. The number of benzene rings is 4. The molecule has 4 aromatic carbocycles. The molecule has 1 saturated carbocycles. The Bertz CT molecular complexity index is 2620. The molecule has 4 aromatic rings. The number of amides is 1. The molecule has 1 heterocycles. The van der Waals surface area contributed by atoms with E-state index in [1.54, 1.807) is 59.5 Å². The number of aliphatic hydroxyl groups excluding tert-OH is 3. The average molecular weight is 989 g/mol. The van der Waals surface area contributed by atoms with Crippen LogP contribution >= 0.6 is 0 Å². The molecule has 0 radical (unpaired) electrons. The molecule has 1 fully saturated rings. The van der Waals surface area contributed by atoms with E-state index < -0.39 is 39.4 Å². The first-order valence-electron chi connectivity index (χ1n) is 24.1. The van der Waals surface area contributed by atoms with Gasteiger partial charge in [0.1, 0.15) is 36.2 Å². The summed E-state index contributed by atoms with van der Waals surface area (Å²) in [5.41, 5.74) is 3.46. The lowest BCUT2D eigenvalue weighted by Gasteiger charge is -2.60. The molecule has 0 bridgehead atoms. The number of nitro groups is 2. The molecule has 3 aliphatic rings. The standard InChI is InChI=1S/C54H60N4O14/c1-2-28-69-54-50(56(24-29-68-30-27-61)51(63)23-16-37-12-17-41(18-13-37)57(64)65)34-48(55-70-36-38-14-19-42(20-15-38)58(66)67)46-32-40(9-3-5-25-59)45(11-4-6-26-60)52(53(46)54)47-33-44(21-22-49(47)72-54)71-43-10-7-8-39(31-43)35-62/h2,7-8,10,12-23,31-33,35,40,45,50,52-53,59-61H,1,3-6,9,11,24-30,34,36H2/t40-,45+,50-,52+,53+,54+/m0/s1. The maximum atomic E-state index is 15.0. The van der Waals surface area contributed by atoms with Gasteiger partial charge in [0.15, 0.2) is 0 Å². The van der Waals surface area contributed by atoms with Crippen LogP contribution in [0.5, 0.6) is 17.2 Å². The van der Waals surface area contributed by atoms with Gasteiger partial charge in [0, 0.05) is 73.6 Å². The molecule has 2 aliphatic carbocycles. The van der Waals surface area contributed by atoms with Crippen molar-refractivity contribution in [3.63, 3.8) is 0 Å². The Labute approximate surface area is 417 Å². The number of aliphatic hydroxyl groups is 3. The maximum Gasteiger partial charge on any atom is 0.269 e. The van der Waals surface area contributed by atoms with Gasteiger partial charge in [-0.15, -0.1) is 6.58 Å². The van der Waals surface area contributed by atoms with Crippen LogP contribution in [0.25, 0.3) is 6.08 Å². The van der Waals surface area contributed by atoms with Crippen LogP contribution in [0.15, 0.2) is 127 Å². The molecule has 0 saturated heterocycles. The minimum atomic E-state index is -1.64. The molecule has 1 amide bonds. The van der Waals surface area contributed by atoms with Crippen LogP contribution in [0.2, 0.25) is 0 Å². The van der Waals surface area contributed by atoms with E-state index in [0.717, 1.165) is 17.4 Å². The van der Waals surface area contributed by atoms with Crippen LogP contribution in [0.4, 0.5) is 11.4 Å². The molecule has 0 aromatic heterocycles. The zero-order valence-corrected chi connectivity index (χ0v) is 39.9. The van der Waals surface area contributed by atoms with Crippen molar-refractivity contribution in [3.8, 4) is 17.2 Å². The highest BCUT2D eigenvalue weighted by atomic mass is 16.7. The van der Waals surface area contributed by atoms with Crippen LogP contribution < -0.4 is 9.47 Å². The topological polar surface area (TPSA) is 243 Å². The molecule has 3 N–H and O–H groups in total. The average Bonchev–Trinajstić information content (AvgIpc) is 3.39. The van der Waals surface area contributed by atoms with Crippen LogP contribution in [0.3, 0.4) is 0 Å². The first-order chi connectivity index (χ1) is 35.0. The lowest BCUT2D eigenvalue weighted by Crippen LogP contribution is -2.70. The molecule has 380 valence electrons. The largest absolute Gasteiger partial charge is 0.459 e. The van der Waals surface area contributed by atoms with Gasteiger partial charge in [-0.3, -0.25) is 29.8 Å². The third-order valence-electron chi connectivity index (χ3n) is 13.3. The molecule has 7 rings (SSSR count). The van der Waals surface area contributed by atoms with Crippen molar-refractivity contribution >= 4 is 35.4 Å². The fraction of sp³-hybridized carbons (Fsp3) is 0.389. The molecule has 0 spiro atoms. The minimum absolute atomic E-state index is 0.00347. The number of nitro benzene ring substituents is 2. The second-order valence-electron chi connectivity index (χ2n) is 17.8. The Hall–Kier alpha value is -7.09. The predicted molar refractivity (Wildman–Crippen MR) is 266 cm³/mol. The van der Waals surface area contributed by atoms with E-state index >= 15 is 0 Å². The molecule has 72 heavy (non-hydrogen) atoms. The molecule has 18 heteroatoms. The summed E-state index contributed by atoms with van der Waals surface area (Å²) >= 11 is 0. The van der Waals surface area contributed by atoms with Crippen LogP contribution in [0.1, 0.15) is 77.9 Å². The number of hydrogen-bond acceptors (Lipinski definition) is 15. The summed E-state index contributed by atoms with van der Waals surface area (Å²) in [5.74, 6) is -2.04. The molecule has 6 atom stereocenters. The van der Waals surface area contributed by atoms with Gasteiger partial charge < -0.3 is 44.0 Å². The highest BCUT2D eigenvalue weighted by molar-refractivity contribution is 6.03. The number of aldehydes is 1. The number of carbonyl (C=O) groups is 2. The first-order valence-corrected chi connectivity index (χ1v) is 24.1. The maximum absolute atomic E-state index is 15.0. The number of carbonyl (C=O) groups excluding carboxylic acids is 2. The van der Waals surface area contributed by atoms with E-state index in [1.165, 1.54) is 42.5 Å². The number of allylic oxidation sites excluding steroid dienone is 1. The van der Waals surface area contributed by atoms with E-state index in [0.29, 0.717) is 78.2 Å². The number of nitrogens with zero attached hydrogens (tertiary/aromatic N) is 4. The van der Waals surface area contributed by atoms with E-state index in [1.807, 2.05) is 12.1 Å². The van der Waals surface area contributed by atoms with E-state index in [-0.39, 0.29) is 82.4 Å². The molecule has 18 nitrogen and oxygen atoms in total. The van der Waals surface area contributed by atoms with Crippen molar-refractivity contribution in [2.75, 3.05) is 46.2 Å². The number of rotatable bonds is 27. The molecular weight excluding hydrogens is 929 g/mol. The summed E-state index contributed by atoms with van der Waals surface area (Å²) in [7, 11) is 0. The van der Waals surface area contributed by atoms with Crippen molar-refractivity contribution in [2.45, 2.75) is 69.3 Å². The normalized spacial score (nSPS) is 21.5. The second-order valence-corrected chi connectivity index (χ2v) is 17.8. The van der Waals surface area contributed by atoms with E-state index in [9.17, 15) is 45.1 Å². The fourth-order valence-electron chi connectivity index (χ4n) is 10.1. The minimum Gasteiger partial charge on any atom is -0.459 e. The number of unbranched alkanes of at least 4 members (excludes halogenated alkanes) is 2. The summed E-state index contributed by atoms with van der Waals surface area (Å²) < 4.78 is 26.6. The Kier molecular flexibility index (Phi) is 18.6. The van der Waals surface area contributed by atoms with E-state index in [4.69, 9.17) is 28.9 Å². The summed E-state index contributed by atoms with van der Waals surface area (Å²) in [6.45, 7) is 3.71. The summed E-state index contributed by atoms with van der Waals surface area (Å²) in [6, 6.07) is 23.1. The van der Waals surface area contributed by atoms with Crippen molar-refractivity contribution in [3.05, 3.63) is 164 Å². The number of ether oxygens (including phenoxy) is 4. The Morgan fingerprint density at radius 2 is 1.57 bits per heavy atom. The van der Waals surface area contributed by atoms with Gasteiger partial charge in [-0.25, -0.2) is 0 Å². The SMILES string of the molecule is C=CCO[C@@]12Oc3ccc(Oc4cccc(C=O)c4)cc3[C@H]3[C@H](CCCCO)[C@@H](CCCCO)C=C(C(=NOCc4ccc([N+](=O)[O-])cc4)C[C@@H]1N(CCOCCO)C(=O)C=Cc1ccc([N+](=O)[O-])cc1)[C@H]32. The molecule has 1 aliphatic heterocycles. The number of hydrogen-bond donors (Lipinski definition) is 3. The summed E-state index contributed by atoms with van der Waals surface area (Å²) in [5, 5.41) is 57.4. The lowest BCUT2D eigenvalue weighted by molar-refractivity contribution is -0.385. The van der Waals surface area contributed by atoms with Crippen LogP contribution in [-0.2, 0) is 25.7 Å². The van der Waals surface area contributed by atoms with E-state index in [2.05, 4.69) is 12.7 Å². The van der Waals surface area contributed by atoms with Gasteiger partial charge in [-0.05, 0) is 115 Å².